The van der Waals surface area contributed by atoms with Crippen molar-refractivity contribution >= 4 is 11.6 Å². The van der Waals surface area contributed by atoms with Crippen LogP contribution in [0, 0.1) is 11.3 Å². The van der Waals surface area contributed by atoms with Crippen LogP contribution in [-0.4, -0.2) is 23.4 Å². The third-order valence-electron chi connectivity index (χ3n) is 5.46. The standard InChI is InChI=1S/C23H30ClN.C2H3N/c1-2-25(18-20-7-4-3-5-8-20)16-6-9-19-10-12-21(13-11-19)22-14-15-23(24)17-22;1-2-3/h3-5,7-8,10-13,22-23H,2,6,9,14-18H2,1H3;1H3. The predicted octanol–water partition coefficient (Wildman–Crippen LogP) is 6.55. The Morgan fingerprint density at radius 3 is 2.29 bits per heavy atom. The molecule has 2 atom stereocenters. The molecule has 3 heteroatoms. The molecule has 1 saturated carbocycles. The van der Waals surface area contributed by atoms with Crippen molar-refractivity contribution in [2.24, 2.45) is 0 Å². The number of halogens is 1. The van der Waals surface area contributed by atoms with Crippen LogP contribution in [0.4, 0.5) is 0 Å². The van der Waals surface area contributed by atoms with Gasteiger partial charge in [-0.2, -0.15) is 5.26 Å². The van der Waals surface area contributed by atoms with Crippen LogP contribution in [-0.2, 0) is 13.0 Å². The number of nitrogens with zero attached hydrogens (tertiary/aromatic N) is 2. The maximum Gasteiger partial charge on any atom is 0.0587 e. The molecular weight excluding hydrogens is 364 g/mol. The van der Waals surface area contributed by atoms with Crippen molar-refractivity contribution in [3.63, 3.8) is 0 Å². The van der Waals surface area contributed by atoms with Crippen LogP contribution in [0.5, 0.6) is 0 Å². The molecule has 0 saturated heterocycles. The lowest BCUT2D eigenvalue weighted by Crippen LogP contribution is -2.24. The molecule has 2 aromatic carbocycles. The summed E-state index contributed by atoms with van der Waals surface area (Å²) in [6.07, 6.45) is 5.94. The van der Waals surface area contributed by atoms with Gasteiger partial charge in [-0.15, -0.1) is 11.6 Å². The minimum Gasteiger partial charge on any atom is -0.299 e. The van der Waals surface area contributed by atoms with Gasteiger partial charge in [0.2, 0.25) is 0 Å². The van der Waals surface area contributed by atoms with Crippen molar-refractivity contribution in [3.05, 3.63) is 71.3 Å². The van der Waals surface area contributed by atoms with Gasteiger partial charge in [0, 0.05) is 18.8 Å². The van der Waals surface area contributed by atoms with Crippen molar-refractivity contribution in [1.82, 2.24) is 4.90 Å². The number of rotatable bonds is 8. The normalized spacial score (nSPS) is 18.4. The van der Waals surface area contributed by atoms with Crippen molar-refractivity contribution in [2.75, 3.05) is 13.1 Å². The second-order valence-electron chi connectivity index (χ2n) is 7.53. The Balaban J connectivity index is 0.000000878. The number of alkyl halides is 1. The first kappa shape index (κ1) is 22.5. The van der Waals surface area contributed by atoms with E-state index in [1.807, 2.05) is 0 Å². The first-order chi connectivity index (χ1) is 13.7. The maximum atomic E-state index is 7.32. The summed E-state index contributed by atoms with van der Waals surface area (Å²) in [5.41, 5.74) is 4.34. The summed E-state index contributed by atoms with van der Waals surface area (Å²) in [5.74, 6) is 0.679. The molecule has 2 nitrogen and oxygen atoms in total. The van der Waals surface area contributed by atoms with Gasteiger partial charge in [-0.1, -0.05) is 61.5 Å². The molecule has 1 aliphatic rings. The highest BCUT2D eigenvalue weighted by Gasteiger charge is 2.23. The molecule has 0 N–H and O–H groups in total. The Labute approximate surface area is 176 Å². The molecule has 0 bridgehead atoms. The Bertz CT molecular complexity index is 706. The average molecular weight is 397 g/mol. The maximum absolute atomic E-state index is 7.32. The van der Waals surface area contributed by atoms with E-state index in [2.05, 4.69) is 66.4 Å². The monoisotopic (exact) mass is 396 g/mol. The SMILES string of the molecule is CC#N.CCN(CCCc1ccc(C2CCC(Cl)C2)cc1)Cc1ccccc1. The third-order valence-corrected chi connectivity index (χ3v) is 5.85. The van der Waals surface area contributed by atoms with E-state index in [1.165, 1.54) is 42.9 Å². The first-order valence-electron chi connectivity index (χ1n) is 10.5. The lowest BCUT2D eigenvalue weighted by Gasteiger charge is -2.20. The number of hydrogen-bond acceptors (Lipinski definition) is 2. The molecule has 0 heterocycles. The van der Waals surface area contributed by atoms with Crippen LogP contribution in [0.2, 0.25) is 0 Å². The molecular formula is C25H33ClN2. The van der Waals surface area contributed by atoms with Gasteiger partial charge in [0.1, 0.15) is 0 Å². The van der Waals surface area contributed by atoms with E-state index in [-0.39, 0.29) is 0 Å². The molecule has 0 amide bonds. The van der Waals surface area contributed by atoms with E-state index in [9.17, 15) is 0 Å². The second kappa shape index (κ2) is 12.6. The van der Waals surface area contributed by atoms with Gasteiger partial charge in [-0.3, -0.25) is 4.90 Å². The molecule has 2 unspecified atom stereocenters. The highest BCUT2D eigenvalue weighted by Crippen LogP contribution is 2.37. The zero-order valence-corrected chi connectivity index (χ0v) is 18.0. The Kier molecular flexibility index (Phi) is 10.1. The minimum absolute atomic E-state index is 0.384. The topological polar surface area (TPSA) is 27.0 Å². The second-order valence-corrected chi connectivity index (χ2v) is 8.15. The summed E-state index contributed by atoms with van der Waals surface area (Å²) >= 11 is 6.25. The lowest BCUT2D eigenvalue weighted by atomic mass is 9.96. The number of hydrogen-bond donors (Lipinski definition) is 0. The fourth-order valence-electron chi connectivity index (χ4n) is 3.88. The van der Waals surface area contributed by atoms with Crippen LogP contribution < -0.4 is 0 Å². The van der Waals surface area contributed by atoms with Crippen LogP contribution in [0.1, 0.15) is 62.1 Å². The van der Waals surface area contributed by atoms with E-state index in [0.717, 1.165) is 32.5 Å². The van der Waals surface area contributed by atoms with Gasteiger partial charge in [0.05, 0.1) is 6.07 Å². The summed E-state index contributed by atoms with van der Waals surface area (Å²) in [4.78, 5) is 2.53. The Morgan fingerprint density at radius 1 is 1.04 bits per heavy atom. The molecule has 2 aromatic rings. The largest absolute Gasteiger partial charge is 0.299 e. The smallest absolute Gasteiger partial charge is 0.0587 e. The fourth-order valence-corrected chi connectivity index (χ4v) is 4.22. The summed E-state index contributed by atoms with van der Waals surface area (Å²) in [5, 5.41) is 7.70. The Morgan fingerprint density at radius 2 is 1.71 bits per heavy atom. The van der Waals surface area contributed by atoms with Crippen molar-refractivity contribution in [1.29, 1.82) is 5.26 Å². The van der Waals surface area contributed by atoms with Crippen molar-refractivity contribution in [2.45, 2.75) is 63.8 Å². The van der Waals surface area contributed by atoms with E-state index >= 15 is 0 Å². The molecule has 0 radical (unpaired) electrons. The van der Waals surface area contributed by atoms with E-state index < -0.39 is 0 Å². The lowest BCUT2D eigenvalue weighted by molar-refractivity contribution is 0.276. The quantitative estimate of drug-likeness (QED) is 0.473. The van der Waals surface area contributed by atoms with E-state index in [0.29, 0.717) is 11.3 Å². The van der Waals surface area contributed by atoms with Crippen LogP contribution in [0.15, 0.2) is 54.6 Å². The average Bonchev–Trinajstić information content (AvgIpc) is 3.15. The zero-order valence-electron chi connectivity index (χ0n) is 17.3. The molecule has 3 rings (SSSR count). The van der Waals surface area contributed by atoms with Crippen molar-refractivity contribution < 1.29 is 0 Å². The van der Waals surface area contributed by atoms with Crippen LogP contribution in [0.3, 0.4) is 0 Å². The zero-order chi connectivity index (χ0) is 20.2. The predicted molar refractivity (Wildman–Crippen MR) is 120 cm³/mol. The first-order valence-corrected chi connectivity index (χ1v) is 10.9. The van der Waals surface area contributed by atoms with Crippen LogP contribution >= 0.6 is 11.6 Å². The van der Waals surface area contributed by atoms with E-state index in [1.54, 1.807) is 6.07 Å². The van der Waals surface area contributed by atoms with Crippen LogP contribution in [0.25, 0.3) is 0 Å². The number of benzene rings is 2. The number of aryl methyl sites for hydroxylation is 1. The third kappa shape index (κ3) is 7.66. The highest BCUT2D eigenvalue weighted by molar-refractivity contribution is 6.20. The summed E-state index contributed by atoms with van der Waals surface area (Å²) in [7, 11) is 0. The van der Waals surface area contributed by atoms with Gasteiger partial charge in [0.15, 0.2) is 0 Å². The molecule has 0 spiro atoms. The summed E-state index contributed by atoms with van der Waals surface area (Å²) in [6, 6.07) is 21.8. The molecule has 0 aromatic heterocycles. The molecule has 28 heavy (non-hydrogen) atoms. The molecule has 150 valence electrons. The molecule has 1 fully saturated rings. The Hall–Kier alpha value is -1.82. The summed E-state index contributed by atoms with van der Waals surface area (Å²) in [6.45, 7) is 7.00. The minimum atomic E-state index is 0.384. The summed E-state index contributed by atoms with van der Waals surface area (Å²) < 4.78 is 0. The van der Waals surface area contributed by atoms with E-state index in [4.69, 9.17) is 16.9 Å². The molecule has 1 aliphatic carbocycles. The van der Waals surface area contributed by atoms with Gasteiger partial charge in [-0.25, -0.2) is 0 Å². The van der Waals surface area contributed by atoms with Gasteiger partial charge in [0.25, 0.3) is 0 Å². The van der Waals surface area contributed by atoms with Gasteiger partial charge >= 0.3 is 0 Å². The van der Waals surface area contributed by atoms with Gasteiger partial charge in [-0.05, 0) is 67.8 Å². The van der Waals surface area contributed by atoms with Gasteiger partial charge < -0.3 is 0 Å². The highest BCUT2D eigenvalue weighted by atomic mass is 35.5. The fraction of sp³-hybridized carbons (Fsp3) is 0.480. The van der Waals surface area contributed by atoms with Crippen molar-refractivity contribution in [3.8, 4) is 6.07 Å². The number of nitriles is 1. The molecule has 0 aliphatic heterocycles.